The van der Waals surface area contributed by atoms with Crippen LogP contribution in [0.5, 0.6) is 0 Å². The number of pyridine rings is 1. The van der Waals surface area contributed by atoms with Crippen molar-refractivity contribution in [3.05, 3.63) is 24.0 Å². The van der Waals surface area contributed by atoms with Gasteiger partial charge in [-0.1, -0.05) is 0 Å². The van der Waals surface area contributed by atoms with Gasteiger partial charge in [0.15, 0.2) is 0 Å². The molecular formula is C9H13N3O4S. The van der Waals surface area contributed by atoms with E-state index in [1.165, 1.54) is 12.3 Å². The molecule has 0 aliphatic rings. The third-order valence-corrected chi connectivity index (χ3v) is 2.77. The molecule has 8 heteroatoms. The molecule has 0 fully saturated rings. The van der Waals surface area contributed by atoms with E-state index in [-0.39, 0.29) is 11.4 Å². The maximum atomic E-state index is 10.6. The Labute approximate surface area is 98.7 Å². The van der Waals surface area contributed by atoms with E-state index in [1.807, 2.05) is 0 Å². The number of nitrogens with one attached hydrogen (secondary N) is 1. The van der Waals surface area contributed by atoms with Crippen LogP contribution in [0, 0.1) is 0 Å². The van der Waals surface area contributed by atoms with Gasteiger partial charge in [0, 0.05) is 18.4 Å². The zero-order chi connectivity index (χ0) is 12.9. The molecule has 1 rings (SSSR count). The Morgan fingerprint density at radius 3 is 2.82 bits per heavy atom. The van der Waals surface area contributed by atoms with Gasteiger partial charge >= 0.3 is 5.97 Å². The molecule has 0 saturated heterocycles. The smallest absolute Gasteiger partial charge is 0.354 e. The Morgan fingerprint density at radius 2 is 2.24 bits per heavy atom. The molecule has 17 heavy (non-hydrogen) atoms. The van der Waals surface area contributed by atoms with Crippen LogP contribution in [-0.4, -0.2) is 36.8 Å². The van der Waals surface area contributed by atoms with Crippen LogP contribution >= 0.6 is 0 Å². The molecule has 4 N–H and O–H groups in total. The molecular weight excluding hydrogens is 246 g/mol. The van der Waals surface area contributed by atoms with E-state index < -0.39 is 16.0 Å². The van der Waals surface area contributed by atoms with Crippen LogP contribution in [0.2, 0.25) is 0 Å². The number of aromatic carboxylic acids is 1. The van der Waals surface area contributed by atoms with E-state index in [1.54, 1.807) is 6.07 Å². The van der Waals surface area contributed by atoms with Crippen LogP contribution in [0.3, 0.4) is 0 Å². The van der Waals surface area contributed by atoms with Gasteiger partial charge in [-0.05, 0) is 18.6 Å². The first-order valence-corrected chi connectivity index (χ1v) is 6.54. The molecule has 0 saturated carbocycles. The second-order valence-electron chi connectivity index (χ2n) is 3.38. The number of sulfonamides is 1. The van der Waals surface area contributed by atoms with Crippen molar-refractivity contribution in [3.63, 3.8) is 0 Å². The van der Waals surface area contributed by atoms with Crippen molar-refractivity contribution < 1.29 is 18.3 Å². The fraction of sp³-hybridized carbons (Fsp3) is 0.333. The van der Waals surface area contributed by atoms with E-state index in [0.29, 0.717) is 18.7 Å². The Morgan fingerprint density at radius 1 is 1.53 bits per heavy atom. The van der Waals surface area contributed by atoms with Crippen molar-refractivity contribution in [2.24, 2.45) is 5.14 Å². The van der Waals surface area contributed by atoms with Gasteiger partial charge in [0.2, 0.25) is 10.0 Å². The molecule has 1 aromatic heterocycles. The highest BCUT2D eigenvalue weighted by molar-refractivity contribution is 7.89. The van der Waals surface area contributed by atoms with Crippen LogP contribution in [0.25, 0.3) is 0 Å². The second-order valence-corrected chi connectivity index (χ2v) is 5.12. The first-order valence-electron chi connectivity index (χ1n) is 4.82. The Bertz CT molecular complexity index is 501. The third kappa shape index (κ3) is 5.27. The minimum atomic E-state index is -3.45. The molecule has 0 aromatic carbocycles. The fourth-order valence-corrected chi connectivity index (χ4v) is 1.71. The summed E-state index contributed by atoms with van der Waals surface area (Å²) in [5.41, 5.74) is 0.508. The number of hydrogen-bond donors (Lipinski definition) is 3. The molecule has 0 unspecified atom stereocenters. The zero-order valence-corrected chi connectivity index (χ0v) is 9.77. The van der Waals surface area contributed by atoms with Gasteiger partial charge in [-0.2, -0.15) is 0 Å². The van der Waals surface area contributed by atoms with Crippen LogP contribution in [0.1, 0.15) is 16.9 Å². The lowest BCUT2D eigenvalue weighted by atomic mass is 10.3. The highest BCUT2D eigenvalue weighted by Crippen LogP contribution is 2.07. The summed E-state index contributed by atoms with van der Waals surface area (Å²) in [6.07, 6.45) is 1.72. The zero-order valence-electron chi connectivity index (χ0n) is 8.96. The summed E-state index contributed by atoms with van der Waals surface area (Å²) in [5, 5.41) is 16.4. The lowest BCUT2D eigenvalue weighted by Crippen LogP contribution is -2.18. The molecule has 0 amide bonds. The van der Waals surface area contributed by atoms with Crippen LogP contribution in [0.4, 0.5) is 5.69 Å². The summed E-state index contributed by atoms with van der Waals surface area (Å²) in [6.45, 7) is 0.388. The monoisotopic (exact) mass is 259 g/mol. The maximum absolute atomic E-state index is 10.6. The average molecular weight is 259 g/mol. The van der Waals surface area contributed by atoms with Gasteiger partial charge in [0.05, 0.1) is 5.75 Å². The number of rotatable bonds is 6. The average Bonchev–Trinajstić information content (AvgIpc) is 2.23. The first-order chi connectivity index (χ1) is 7.88. The minimum Gasteiger partial charge on any atom is -0.477 e. The molecule has 7 nitrogen and oxygen atoms in total. The van der Waals surface area contributed by atoms with Crippen molar-refractivity contribution in [1.82, 2.24) is 4.98 Å². The quantitative estimate of drug-likeness (QED) is 0.612. The summed E-state index contributed by atoms with van der Waals surface area (Å²) in [5.74, 6) is -1.23. The number of nitrogens with two attached hydrogens (primary N) is 1. The normalized spacial score (nSPS) is 11.1. The third-order valence-electron chi connectivity index (χ3n) is 1.91. The predicted octanol–water partition coefficient (Wildman–Crippen LogP) is -0.130. The van der Waals surface area contributed by atoms with E-state index in [2.05, 4.69) is 10.3 Å². The van der Waals surface area contributed by atoms with E-state index >= 15 is 0 Å². The summed E-state index contributed by atoms with van der Waals surface area (Å²) < 4.78 is 21.3. The molecule has 0 aliphatic heterocycles. The van der Waals surface area contributed by atoms with Gasteiger partial charge in [0.1, 0.15) is 5.69 Å². The Balaban J connectivity index is 2.47. The predicted molar refractivity (Wildman–Crippen MR) is 62.3 cm³/mol. The molecule has 0 bridgehead atoms. The number of carbonyl (C=O) groups is 1. The van der Waals surface area contributed by atoms with Crippen molar-refractivity contribution >= 4 is 21.7 Å². The molecule has 0 atom stereocenters. The summed E-state index contributed by atoms with van der Waals surface area (Å²) in [7, 11) is -3.45. The maximum Gasteiger partial charge on any atom is 0.354 e. The lowest BCUT2D eigenvalue weighted by molar-refractivity contribution is 0.0690. The number of hydrogen-bond acceptors (Lipinski definition) is 5. The summed E-state index contributed by atoms with van der Waals surface area (Å²) in [4.78, 5) is 14.3. The van der Waals surface area contributed by atoms with Crippen molar-refractivity contribution in [1.29, 1.82) is 0 Å². The second kappa shape index (κ2) is 5.60. The Hall–Kier alpha value is -1.67. The SMILES string of the molecule is NS(=O)(=O)CCCNc1ccnc(C(=O)O)c1. The van der Waals surface area contributed by atoms with Crippen molar-refractivity contribution in [2.75, 3.05) is 17.6 Å². The van der Waals surface area contributed by atoms with Gasteiger partial charge in [-0.25, -0.2) is 23.3 Å². The first kappa shape index (κ1) is 13.4. The topological polar surface area (TPSA) is 122 Å². The molecule has 0 aliphatic carbocycles. The highest BCUT2D eigenvalue weighted by atomic mass is 32.2. The molecule has 94 valence electrons. The van der Waals surface area contributed by atoms with Gasteiger partial charge in [0.25, 0.3) is 0 Å². The number of anilines is 1. The van der Waals surface area contributed by atoms with Crippen LogP contribution in [-0.2, 0) is 10.0 Å². The van der Waals surface area contributed by atoms with E-state index in [9.17, 15) is 13.2 Å². The molecule has 0 radical (unpaired) electrons. The van der Waals surface area contributed by atoms with Crippen LogP contribution in [0.15, 0.2) is 18.3 Å². The molecule has 1 aromatic rings. The number of aromatic nitrogens is 1. The van der Waals surface area contributed by atoms with Gasteiger partial charge < -0.3 is 10.4 Å². The summed E-state index contributed by atoms with van der Waals surface area (Å²) in [6, 6.07) is 2.97. The van der Waals surface area contributed by atoms with Crippen molar-refractivity contribution in [3.8, 4) is 0 Å². The molecule has 1 heterocycles. The fourth-order valence-electron chi connectivity index (χ4n) is 1.16. The van der Waals surface area contributed by atoms with E-state index in [4.69, 9.17) is 10.2 Å². The molecule has 0 spiro atoms. The standard InChI is InChI=1S/C9H13N3O4S/c10-17(15,16)5-1-3-11-7-2-4-12-8(6-7)9(13)14/h2,4,6H,1,3,5H2,(H,11,12)(H,13,14)(H2,10,15,16). The van der Waals surface area contributed by atoms with Crippen LogP contribution < -0.4 is 10.5 Å². The van der Waals surface area contributed by atoms with E-state index in [0.717, 1.165) is 0 Å². The van der Waals surface area contributed by atoms with Gasteiger partial charge in [-0.15, -0.1) is 0 Å². The number of nitrogens with zero attached hydrogens (tertiary/aromatic N) is 1. The van der Waals surface area contributed by atoms with Crippen molar-refractivity contribution in [2.45, 2.75) is 6.42 Å². The Kier molecular flexibility index (Phi) is 4.41. The lowest BCUT2D eigenvalue weighted by Gasteiger charge is -2.05. The van der Waals surface area contributed by atoms with Gasteiger partial charge in [-0.3, -0.25) is 0 Å². The minimum absolute atomic E-state index is 0.0681. The largest absolute Gasteiger partial charge is 0.477 e. The highest BCUT2D eigenvalue weighted by Gasteiger charge is 2.05. The summed E-state index contributed by atoms with van der Waals surface area (Å²) >= 11 is 0. The number of carboxylic acids is 1. The number of primary sulfonamides is 1. The number of carboxylic acid groups (broad SMARTS) is 1.